The number of carbonyl (C=O) groups excluding carboxylic acids is 2. The van der Waals surface area contributed by atoms with Gasteiger partial charge in [0.15, 0.2) is 11.5 Å². The standard InChI is InChI=1S/C20H21ClN2O4/c1-2-13-4-6-15(7-5-13)20(25)23-22-18(24)12-14-10-16(21)19-17(11-14)26-8-3-9-27-19/h4-7,10-11H,2-3,8-9,12H2,1H3,(H,22,24)(H,23,25). The Kier molecular flexibility index (Phi) is 6.19. The number of amides is 2. The molecule has 1 aliphatic heterocycles. The van der Waals surface area contributed by atoms with E-state index in [1.54, 1.807) is 24.3 Å². The van der Waals surface area contributed by atoms with Crippen molar-refractivity contribution in [3.8, 4) is 11.5 Å². The van der Waals surface area contributed by atoms with Gasteiger partial charge in [-0.3, -0.25) is 20.4 Å². The zero-order chi connectivity index (χ0) is 19.2. The van der Waals surface area contributed by atoms with Gasteiger partial charge in [-0.1, -0.05) is 30.7 Å². The maximum Gasteiger partial charge on any atom is 0.269 e. The number of rotatable bonds is 4. The normalized spacial score (nSPS) is 12.8. The number of halogens is 1. The van der Waals surface area contributed by atoms with Gasteiger partial charge in [0.1, 0.15) is 0 Å². The molecule has 1 heterocycles. The third kappa shape index (κ3) is 4.92. The van der Waals surface area contributed by atoms with Crippen LogP contribution in [-0.4, -0.2) is 25.0 Å². The molecule has 7 heteroatoms. The van der Waals surface area contributed by atoms with Crippen LogP contribution in [0, 0.1) is 0 Å². The molecule has 0 bridgehead atoms. The number of benzene rings is 2. The van der Waals surface area contributed by atoms with Crippen LogP contribution in [0.2, 0.25) is 5.02 Å². The highest BCUT2D eigenvalue weighted by atomic mass is 35.5. The molecule has 0 saturated heterocycles. The summed E-state index contributed by atoms with van der Waals surface area (Å²) in [5.41, 5.74) is 7.12. The molecule has 0 unspecified atom stereocenters. The molecule has 0 atom stereocenters. The lowest BCUT2D eigenvalue weighted by atomic mass is 10.1. The SMILES string of the molecule is CCc1ccc(C(=O)NNC(=O)Cc2cc(Cl)c3c(c2)OCCCO3)cc1. The average Bonchev–Trinajstić information content (AvgIpc) is 2.92. The van der Waals surface area contributed by atoms with Crippen LogP contribution in [0.25, 0.3) is 0 Å². The molecular formula is C20H21ClN2O4. The van der Waals surface area contributed by atoms with Gasteiger partial charge in [-0.2, -0.15) is 0 Å². The molecule has 1 aliphatic rings. The van der Waals surface area contributed by atoms with Gasteiger partial charge in [0, 0.05) is 12.0 Å². The lowest BCUT2D eigenvalue weighted by molar-refractivity contribution is -0.121. The van der Waals surface area contributed by atoms with Crippen molar-refractivity contribution >= 4 is 23.4 Å². The first-order valence-corrected chi connectivity index (χ1v) is 9.20. The second kappa shape index (κ2) is 8.77. The third-order valence-corrected chi connectivity index (χ3v) is 4.45. The van der Waals surface area contributed by atoms with Crippen molar-refractivity contribution in [2.24, 2.45) is 0 Å². The number of hydrazine groups is 1. The van der Waals surface area contributed by atoms with Crippen LogP contribution in [0.1, 0.15) is 34.8 Å². The van der Waals surface area contributed by atoms with Crippen molar-refractivity contribution in [2.45, 2.75) is 26.2 Å². The Morgan fingerprint density at radius 3 is 2.52 bits per heavy atom. The molecule has 6 nitrogen and oxygen atoms in total. The molecule has 2 aromatic rings. The van der Waals surface area contributed by atoms with Gasteiger partial charge >= 0.3 is 0 Å². The van der Waals surface area contributed by atoms with E-state index in [1.807, 2.05) is 19.1 Å². The van der Waals surface area contributed by atoms with Crippen molar-refractivity contribution in [3.63, 3.8) is 0 Å². The second-order valence-electron chi connectivity index (χ2n) is 6.18. The molecule has 0 aliphatic carbocycles. The fourth-order valence-electron chi connectivity index (χ4n) is 2.71. The predicted octanol–water partition coefficient (Wildman–Crippen LogP) is 3.07. The predicted molar refractivity (Wildman–Crippen MR) is 102 cm³/mol. The highest BCUT2D eigenvalue weighted by Gasteiger charge is 2.17. The fraction of sp³-hybridized carbons (Fsp3) is 0.300. The molecule has 2 amide bonds. The summed E-state index contributed by atoms with van der Waals surface area (Å²) in [6.45, 7) is 3.12. The lowest BCUT2D eigenvalue weighted by Gasteiger charge is -2.12. The molecule has 0 saturated carbocycles. The third-order valence-electron chi connectivity index (χ3n) is 4.17. The topological polar surface area (TPSA) is 76.7 Å². The maximum absolute atomic E-state index is 12.2. The van der Waals surface area contributed by atoms with E-state index in [1.165, 1.54) is 0 Å². The number of aryl methyl sites for hydroxylation is 1. The summed E-state index contributed by atoms with van der Waals surface area (Å²) < 4.78 is 11.2. The molecule has 2 aromatic carbocycles. The van der Waals surface area contributed by atoms with Crippen molar-refractivity contribution < 1.29 is 19.1 Å². The Labute approximate surface area is 162 Å². The van der Waals surface area contributed by atoms with Gasteiger partial charge in [-0.15, -0.1) is 0 Å². The van der Waals surface area contributed by atoms with Crippen LogP contribution in [0.5, 0.6) is 11.5 Å². The smallest absolute Gasteiger partial charge is 0.269 e. The highest BCUT2D eigenvalue weighted by Crippen LogP contribution is 2.38. The molecule has 2 N–H and O–H groups in total. The number of hydrogen-bond donors (Lipinski definition) is 2. The van der Waals surface area contributed by atoms with Gasteiger partial charge in [-0.25, -0.2) is 0 Å². The first-order chi connectivity index (χ1) is 13.1. The molecule has 27 heavy (non-hydrogen) atoms. The van der Waals surface area contributed by atoms with E-state index in [2.05, 4.69) is 10.9 Å². The van der Waals surface area contributed by atoms with Gasteiger partial charge in [0.2, 0.25) is 5.91 Å². The van der Waals surface area contributed by atoms with Crippen LogP contribution in [-0.2, 0) is 17.6 Å². The van der Waals surface area contributed by atoms with Crippen LogP contribution in [0.4, 0.5) is 0 Å². The van der Waals surface area contributed by atoms with E-state index >= 15 is 0 Å². The van der Waals surface area contributed by atoms with E-state index in [-0.39, 0.29) is 18.2 Å². The van der Waals surface area contributed by atoms with Gasteiger partial charge in [-0.05, 0) is 41.8 Å². The Morgan fingerprint density at radius 1 is 1.04 bits per heavy atom. The van der Waals surface area contributed by atoms with Gasteiger partial charge < -0.3 is 9.47 Å². The number of carbonyl (C=O) groups is 2. The zero-order valence-electron chi connectivity index (χ0n) is 15.0. The van der Waals surface area contributed by atoms with Crippen LogP contribution in [0.15, 0.2) is 36.4 Å². The van der Waals surface area contributed by atoms with Crippen molar-refractivity contribution in [2.75, 3.05) is 13.2 Å². The summed E-state index contributed by atoms with van der Waals surface area (Å²) in [7, 11) is 0. The fourth-order valence-corrected chi connectivity index (χ4v) is 2.99. The van der Waals surface area contributed by atoms with Crippen LogP contribution >= 0.6 is 11.6 Å². The minimum absolute atomic E-state index is 0.0470. The summed E-state index contributed by atoms with van der Waals surface area (Å²) >= 11 is 6.23. The highest BCUT2D eigenvalue weighted by molar-refractivity contribution is 6.32. The van der Waals surface area contributed by atoms with Crippen molar-refractivity contribution in [1.29, 1.82) is 0 Å². The van der Waals surface area contributed by atoms with Crippen molar-refractivity contribution in [1.82, 2.24) is 10.9 Å². The number of fused-ring (bicyclic) bond motifs is 1. The second-order valence-corrected chi connectivity index (χ2v) is 6.59. The molecule has 3 rings (SSSR count). The first kappa shape index (κ1) is 19.0. The monoisotopic (exact) mass is 388 g/mol. The molecule has 0 spiro atoms. The Balaban J connectivity index is 1.58. The van der Waals surface area contributed by atoms with Gasteiger partial charge in [0.05, 0.1) is 24.7 Å². The summed E-state index contributed by atoms with van der Waals surface area (Å²) in [5, 5.41) is 0.400. The summed E-state index contributed by atoms with van der Waals surface area (Å²) in [4.78, 5) is 24.3. The summed E-state index contributed by atoms with van der Waals surface area (Å²) in [5.74, 6) is 0.298. The molecule has 0 aromatic heterocycles. The average molecular weight is 389 g/mol. The summed E-state index contributed by atoms with van der Waals surface area (Å²) in [6, 6.07) is 10.6. The largest absolute Gasteiger partial charge is 0.489 e. The summed E-state index contributed by atoms with van der Waals surface area (Å²) in [6.07, 6.45) is 1.72. The van der Waals surface area contributed by atoms with Gasteiger partial charge in [0.25, 0.3) is 5.91 Å². The van der Waals surface area contributed by atoms with Crippen LogP contribution < -0.4 is 20.3 Å². The molecule has 0 radical (unpaired) electrons. The Morgan fingerprint density at radius 2 is 1.78 bits per heavy atom. The van der Waals surface area contributed by atoms with E-state index < -0.39 is 0 Å². The molecule has 142 valence electrons. The van der Waals surface area contributed by atoms with Crippen molar-refractivity contribution in [3.05, 3.63) is 58.1 Å². The quantitative estimate of drug-likeness (QED) is 0.789. The van der Waals surface area contributed by atoms with E-state index in [9.17, 15) is 9.59 Å². The van der Waals surface area contributed by atoms with E-state index in [0.29, 0.717) is 40.9 Å². The minimum atomic E-state index is -0.373. The molecular weight excluding hydrogens is 368 g/mol. The van der Waals surface area contributed by atoms with E-state index in [0.717, 1.165) is 18.4 Å². The molecule has 0 fully saturated rings. The number of nitrogens with one attached hydrogen (secondary N) is 2. The van der Waals surface area contributed by atoms with Crippen LogP contribution in [0.3, 0.4) is 0 Å². The first-order valence-electron chi connectivity index (χ1n) is 8.83. The minimum Gasteiger partial charge on any atom is -0.489 e. The number of hydrogen-bond acceptors (Lipinski definition) is 4. The maximum atomic E-state index is 12.2. The zero-order valence-corrected chi connectivity index (χ0v) is 15.8. The number of ether oxygens (including phenoxy) is 2. The lowest BCUT2D eigenvalue weighted by Crippen LogP contribution is -2.42. The van der Waals surface area contributed by atoms with E-state index in [4.69, 9.17) is 21.1 Å². The Hall–Kier alpha value is -2.73. The Bertz CT molecular complexity index is 837.